The molecule has 0 bridgehead atoms. The SMILES string of the molecule is CC(O)(CNS(=O)(=O)c1cccc(F)c1[N+](=O)[O-])C(=O)O. The van der Waals surface area contributed by atoms with Gasteiger partial charge in [0.25, 0.3) is 0 Å². The second-order valence-corrected chi connectivity index (χ2v) is 5.98. The summed E-state index contributed by atoms with van der Waals surface area (Å²) in [6.45, 7) is -0.115. The number of benzene rings is 1. The summed E-state index contributed by atoms with van der Waals surface area (Å²) >= 11 is 0. The molecule has 21 heavy (non-hydrogen) atoms. The summed E-state index contributed by atoms with van der Waals surface area (Å²) in [6.07, 6.45) is 0. The average Bonchev–Trinajstić information content (AvgIpc) is 2.35. The fourth-order valence-corrected chi connectivity index (χ4v) is 2.59. The molecule has 0 aliphatic carbocycles. The molecule has 1 rings (SSSR count). The smallest absolute Gasteiger partial charge is 0.336 e. The van der Waals surface area contributed by atoms with Crippen molar-refractivity contribution >= 4 is 21.7 Å². The van der Waals surface area contributed by atoms with E-state index >= 15 is 0 Å². The van der Waals surface area contributed by atoms with Gasteiger partial charge in [0.05, 0.1) is 11.5 Å². The molecular formula is C10H11FN2O7S. The number of aliphatic carboxylic acids is 1. The number of sulfonamides is 1. The van der Waals surface area contributed by atoms with Crippen LogP contribution in [0.2, 0.25) is 0 Å². The molecule has 9 nitrogen and oxygen atoms in total. The number of nitrogens with zero attached hydrogens (tertiary/aromatic N) is 1. The average molecular weight is 322 g/mol. The molecule has 0 aliphatic heterocycles. The van der Waals surface area contributed by atoms with Crippen molar-refractivity contribution in [2.75, 3.05) is 6.54 Å². The van der Waals surface area contributed by atoms with Gasteiger partial charge in [-0.05, 0) is 19.1 Å². The molecule has 0 aromatic heterocycles. The van der Waals surface area contributed by atoms with E-state index in [9.17, 15) is 32.8 Å². The lowest BCUT2D eigenvalue weighted by Gasteiger charge is -2.18. The molecule has 11 heteroatoms. The first kappa shape index (κ1) is 16.9. The van der Waals surface area contributed by atoms with E-state index in [1.54, 1.807) is 4.72 Å². The number of hydrogen-bond acceptors (Lipinski definition) is 6. The predicted octanol–water partition coefficient (Wildman–Crippen LogP) is -0.152. The minimum Gasteiger partial charge on any atom is -0.479 e. The Labute approximate surface area is 118 Å². The summed E-state index contributed by atoms with van der Waals surface area (Å²) in [7, 11) is -4.58. The minimum atomic E-state index is -4.58. The highest BCUT2D eigenvalue weighted by Gasteiger charge is 2.34. The maximum absolute atomic E-state index is 13.4. The number of carboxylic acids is 1. The van der Waals surface area contributed by atoms with E-state index in [0.717, 1.165) is 19.1 Å². The molecule has 1 aromatic rings. The van der Waals surface area contributed by atoms with E-state index < -0.39 is 49.5 Å². The van der Waals surface area contributed by atoms with Gasteiger partial charge in [-0.1, -0.05) is 6.07 Å². The van der Waals surface area contributed by atoms with Crippen molar-refractivity contribution in [2.24, 2.45) is 0 Å². The number of para-hydroxylation sites is 1. The first-order valence-corrected chi connectivity index (χ1v) is 6.85. The molecular weight excluding hydrogens is 311 g/mol. The molecule has 1 unspecified atom stereocenters. The van der Waals surface area contributed by atoms with Crippen molar-refractivity contribution in [3.8, 4) is 0 Å². The van der Waals surface area contributed by atoms with Crippen LogP contribution in [0.25, 0.3) is 0 Å². The van der Waals surface area contributed by atoms with E-state index in [0.29, 0.717) is 6.07 Å². The zero-order valence-corrected chi connectivity index (χ0v) is 11.4. The lowest BCUT2D eigenvalue weighted by Crippen LogP contribution is -2.46. The summed E-state index contributed by atoms with van der Waals surface area (Å²) in [4.78, 5) is 19.2. The first-order valence-electron chi connectivity index (χ1n) is 5.37. The van der Waals surface area contributed by atoms with Gasteiger partial charge in [-0.2, -0.15) is 4.39 Å². The normalized spacial score (nSPS) is 14.4. The number of aliphatic hydroxyl groups is 1. The van der Waals surface area contributed by atoms with Crippen LogP contribution in [-0.4, -0.2) is 41.7 Å². The van der Waals surface area contributed by atoms with Crippen LogP contribution < -0.4 is 4.72 Å². The van der Waals surface area contributed by atoms with Gasteiger partial charge in [0.15, 0.2) is 10.5 Å². The van der Waals surface area contributed by atoms with Gasteiger partial charge in [0.1, 0.15) is 0 Å². The van der Waals surface area contributed by atoms with Crippen LogP contribution in [0.15, 0.2) is 23.1 Å². The Morgan fingerprint density at radius 2 is 2.10 bits per heavy atom. The zero-order valence-electron chi connectivity index (χ0n) is 10.6. The summed E-state index contributed by atoms with van der Waals surface area (Å²) in [5, 5.41) is 28.8. The Hall–Kier alpha value is -2.11. The number of carboxylic acid groups (broad SMARTS) is 1. The third-order valence-electron chi connectivity index (χ3n) is 2.49. The van der Waals surface area contributed by atoms with Gasteiger partial charge in [-0.3, -0.25) is 10.1 Å². The van der Waals surface area contributed by atoms with Gasteiger partial charge in [0, 0.05) is 0 Å². The summed E-state index contributed by atoms with van der Waals surface area (Å²) < 4.78 is 38.8. The largest absolute Gasteiger partial charge is 0.479 e. The summed E-state index contributed by atoms with van der Waals surface area (Å²) in [5.74, 6) is -3.05. The molecule has 116 valence electrons. The molecule has 1 aromatic carbocycles. The van der Waals surface area contributed by atoms with Crippen LogP contribution in [0, 0.1) is 15.9 Å². The van der Waals surface area contributed by atoms with Crippen molar-refractivity contribution in [3.63, 3.8) is 0 Å². The van der Waals surface area contributed by atoms with Crippen molar-refractivity contribution < 1.29 is 32.7 Å². The van der Waals surface area contributed by atoms with Gasteiger partial charge in [-0.15, -0.1) is 0 Å². The maximum Gasteiger partial charge on any atom is 0.336 e. The standard InChI is InChI=1S/C10H11FN2O7S/c1-10(16,9(14)15)5-12-21(19,20)7-4-2-3-6(11)8(7)13(17)18/h2-4,12,16H,5H2,1H3,(H,14,15). The van der Waals surface area contributed by atoms with E-state index in [2.05, 4.69) is 0 Å². The molecule has 0 radical (unpaired) electrons. The Kier molecular flexibility index (Phi) is 4.61. The number of hydrogen-bond donors (Lipinski definition) is 3. The van der Waals surface area contributed by atoms with Crippen LogP contribution in [-0.2, 0) is 14.8 Å². The highest BCUT2D eigenvalue weighted by molar-refractivity contribution is 7.89. The highest BCUT2D eigenvalue weighted by atomic mass is 32.2. The third-order valence-corrected chi connectivity index (χ3v) is 3.92. The number of nitrogens with one attached hydrogen (secondary N) is 1. The number of nitro groups is 1. The number of rotatable bonds is 6. The fraction of sp³-hybridized carbons (Fsp3) is 0.300. The Morgan fingerprint density at radius 1 is 1.52 bits per heavy atom. The maximum atomic E-state index is 13.4. The monoisotopic (exact) mass is 322 g/mol. The van der Waals surface area contributed by atoms with Gasteiger partial charge in [0.2, 0.25) is 15.8 Å². The lowest BCUT2D eigenvalue weighted by atomic mass is 10.1. The zero-order chi connectivity index (χ0) is 16.4. The highest BCUT2D eigenvalue weighted by Crippen LogP contribution is 2.26. The molecule has 0 fully saturated rings. The Balaban J connectivity index is 3.19. The third kappa shape index (κ3) is 3.71. The van der Waals surface area contributed by atoms with E-state index in [4.69, 9.17) is 5.11 Å². The van der Waals surface area contributed by atoms with E-state index in [1.165, 1.54) is 0 Å². The summed E-state index contributed by atoms with van der Waals surface area (Å²) in [5.41, 5.74) is -3.69. The minimum absolute atomic E-state index is 0.713. The predicted molar refractivity (Wildman–Crippen MR) is 66.5 cm³/mol. The van der Waals surface area contributed by atoms with Crippen molar-refractivity contribution in [2.45, 2.75) is 17.4 Å². The number of halogens is 1. The van der Waals surface area contributed by atoms with Crippen LogP contribution in [0.5, 0.6) is 0 Å². The number of carbonyl (C=O) groups is 1. The fourth-order valence-electron chi connectivity index (χ4n) is 1.28. The van der Waals surface area contributed by atoms with Crippen LogP contribution in [0.4, 0.5) is 10.1 Å². The molecule has 0 saturated heterocycles. The van der Waals surface area contributed by atoms with Crippen molar-refractivity contribution in [1.29, 1.82) is 0 Å². The van der Waals surface area contributed by atoms with Gasteiger partial charge in [-0.25, -0.2) is 17.9 Å². The molecule has 0 spiro atoms. The van der Waals surface area contributed by atoms with Gasteiger partial charge < -0.3 is 10.2 Å². The lowest BCUT2D eigenvalue weighted by molar-refractivity contribution is -0.390. The molecule has 0 amide bonds. The number of nitro benzene ring substituents is 1. The molecule has 0 aliphatic rings. The second kappa shape index (κ2) is 5.71. The molecule has 0 heterocycles. The molecule has 3 N–H and O–H groups in total. The summed E-state index contributed by atoms with van der Waals surface area (Å²) in [6, 6.07) is 2.45. The second-order valence-electron chi connectivity index (χ2n) is 4.25. The first-order chi connectivity index (χ1) is 9.49. The van der Waals surface area contributed by atoms with Crippen molar-refractivity contribution in [3.05, 3.63) is 34.1 Å². The van der Waals surface area contributed by atoms with E-state index in [-0.39, 0.29) is 0 Å². The van der Waals surface area contributed by atoms with Gasteiger partial charge >= 0.3 is 11.7 Å². The molecule has 0 saturated carbocycles. The Morgan fingerprint density at radius 3 is 2.57 bits per heavy atom. The molecule has 1 atom stereocenters. The topological polar surface area (TPSA) is 147 Å². The van der Waals surface area contributed by atoms with Crippen LogP contribution in [0.1, 0.15) is 6.92 Å². The van der Waals surface area contributed by atoms with E-state index in [1.807, 2.05) is 0 Å². The van der Waals surface area contributed by atoms with Crippen molar-refractivity contribution in [1.82, 2.24) is 4.72 Å². The van der Waals surface area contributed by atoms with Crippen LogP contribution in [0.3, 0.4) is 0 Å². The van der Waals surface area contributed by atoms with Crippen LogP contribution >= 0.6 is 0 Å². The Bertz CT molecular complexity index is 687. The quantitative estimate of drug-likeness (QED) is 0.487.